The molecular weight excluding hydrogens is 206 g/mol. The van der Waals surface area contributed by atoms with Crippen molar-refractivity contribution in [3.8, 4) is 0 Å². The SMILES string of the molecule is CC1(C)C(COC(=O)C=C(N)N)C1(F)F. The van der Waals surface area contributed by atoms with Crippen LogP contribution in [0.2, 0.25) is 0 Å². The smallest absolute Gasteiger partial charge is 0.334 e. The number of carbonyl (C=O) groups is 1. The molecule has 0 saturated heterocycles. The van der Waals surface area contributed by atoms with E-state index >= 15 is 0 Å². The van der Waals surface area contributed by atoms with Crippen molar-refractivity contribution in [3.63, 3.8) is 0 Å². The van der Waals surface area contributed by atoms with Crippen molar-refractivity contribution >= 4 is 5.97 Å². The molecule has 1 fully saturated rings. The Kier molecular flexibility index (Phi) is 2.63. The lowest BCUT2D eigenvalue weighted by atomic mass is 10.1. The Morgan fingerprint density at radius 3 is 2.27 bits per heavy atom. The molecule has 1 atom stereocenters. The summed E-state index contributed by atoms with van der Waals surface area (Å²) in [4.78, 5) is 10.9. The Balaban J connectivity index is 2.42. The van der Waals surface area contributed by atoms with Crippen LogP contribution >= 0.6 is 0 Å². The van der Waals surface area contributed by atoms with E-state index < -0.39 is 23.2 Å². The third-order valence-electron chi connectivity index (χ3n) is 2.76. The first-order valence-electron chi connectivity index (χ1n) is 4.47. The van der Waals surface area contributed by atoms with Gasteiger partial charge in [0, 0.05) is 5.41 Å². The van der Waals surface area contributed by atoms with Crippen molar-refractivity contribution in [3.05, 3.63) is 11.9 Å². The minimum atomic E-state index is -2.77. The lowest BCUT2D eigenvalue weighted by Crippen LogP contribution is -2.14. The van der Waals surface area contributed by atoms with Crippen LogP contribution < -0.4 is 11.5 Å². The maximum Gasteiger partial charge on any atom is 0.334 e. The van der Waals surface area contributed by atoms with Crippen LogP contribution in [0.4, 0.5) is 8.78 Å². The summed E-state index contributed by atoms with van der Waals surface area (Å²) in [5.74, 6) is -4.71. The number of alkyl halides is 2. The van der Waals surface area contributed by atoms with Gasteiger partial charge < -0.3 is 16.2 Å². The minimum absolute atomic E-state index is 0.207. The van der Waals surface area contributed by atoms with Crippen molar-refractivity contribution in [1.29, 1.82) is 0 Å². The first-order chi connectivity index (χ1) is 6.69. The number of ether oxygens (including phenoxy) is 1. The van der Waals surface area contributed by atoms with Gasteiger partial charge in [-0.05, 0) is 0 Å². The second-order valence-corrected chi connectivity index (χ2v) is 4.17. The molecule has 15 heavy (non-hydrogen) atoms. The van der Waals surface area contributed by atoms with Crippen molar-refractivity contribution in [2.24, 2.45) is 22.8 Å². The Hall–Kier alpha value is -1.33. The fourth-order valence-corrected chi connectivity index (χ4v) is 1.41. The van der Waals surface area contributed by atoms with E-state index in [0.29, 0.717) is 0 Å². The third kappa shape index (κ3) is 2.03. The van der Waals surface area contributed by atoms with Crippen LogP contribution in [-0.2, 0) is 9.53 Å². The highest BCUT2D eigenvalue weighted by Gasteiger charge is 2.75. The number of esters is 1. The largest absolute Gasteiger partial charge is 0.462 e. The van der Waals surface area contributed by atoms with Gasteiger partial charge in [-0.2, -0.15) is 0 Å². The molecule has 4 nitrogen and oxygen atoms in total. The number of nitrogens with two attached hydrogens (primary N) is 2. The molecular formula is C9H14F2N2O2. The molecule has 1 aliphatic rings. The van der Waals surface area contributed by atoms with E-state index in [4.69, 9.17) is 11.5 Å². The molecule has 6 heteroatoms. The highest BCUT2D eigenvalue weighted by molar-refractivity contribution is 5.82. The Bertz CT molecular complexity index is 295. The van der Waals surface area contributed by atoms with Gasteiger partial charge in [-0.3, -0.25) is 0 Å². The van der Waals surface area contributed by atoms with Crippen LogP contribution in [0.1, 0.15) is 13.8 Å². The van der Waals surface area contributed by atoms with Crippen molar-refractivity contribution in [2.45, 2.75) is 19.8 Å². The van der Waals surface area contributed by atoms with Crippen LogP contribution in [0.3, 0.4) is 0 Å². The molecule has 0 aliphatic heterocycles. The molecule has 0 amide bonds. The number of rotatable bonds is 3. The van der Waals surface area contributed by atoms with Gasteiger partial charge in [0.15, 0.2) is 0 Å². The molecule has 0 aromatic rings. The third-order valence-corrected chi connectivity index (χ3v) is 2.76. The van der Waals surface area contributed by atoms with Crippen molar-refractivity contribution in [2.75, 3.05) is 6.61 Å². The molecule has 86 valence electrons. The van der Waals surface area contributed by atoms with Gasteiger partial charge in [-0.25, -0.2) is 13.6 Å². The summed E-state index contributed by atoms with van der Waals surface area (Å²) in [5.41, 5.74) is 8.92. The first kappa shape index (κ1) is 11.7. The normalized spacial score (nSPS) is 25.5. The van der Waals surface area contributed by atoms with Gasteiger partial charge >= 0.3 is 5.97 Å². The van der Waals surface area contributed by atoms with Crippen LogP contribution in [0.25, 0.3) is 0 Å². The quantitative estimate of drug-likeness (QED) is 0.538. The number of hydrogen-bond acceptors (Lipinski definition) is 4. The maximum absolute atomic E-state index is 13.0. The second kappa shape index (κ2) is 3.36. The lowest BCUT2D eigenvalue weighted by Gasteiger charge is -2.01. The highest BCUT2D eigenvalue weighted by atomic mass is 19.3. The van der Waals surface area contributed by atoms with Crippen LogP contribution in [-0.4, -0.2) is 18.5 Å². The first-order valence-corrected chi connectivity index (χ1v) is 4.47. The Morgan fingerprint density at radius 2 is 1.93 bits per heavy atom. The molecule has 0 aromatic carbocycles. The van der Waals surface area contributed by atoms with Crippen LogP contribution in [0.15, 0.2) is 11.9 Å². The molecule has 4 N–H and O–H groups in total. The monoisotopic (exact) mass is 220 g/mol. The van der Waals surface area contributed by atoms with Gasteiger partial charge in [0.25, 0.3) is 5.92 Å². The number of carbonyl (C=O) groups excluding carboxylic acids is 1. The Labute approximate surface area is 86.2 Å². The molecule has 0 heterocycles. The highest BCUT2D eigenvalue weighted by Crippen LogP contribution is 2.65. The summed E-state index contributed by atoms with van der Waals surface area (Å²) >= 11 is 0. The van der Waals surface area contributed by atoms with Gasteiger partial charge in [0.1, 0.15) is 12.4 Å². The lowest BCUT2D eigenvalue weighted by molar-refractivity contribution is -0.138. The summed E-state index contributed by atoms with van der Waals surface area (Å²) in [6.07, 6.45) is 0.855. The minimum Gasteiger partial charge on any atom is -0.462 e. The molecule has 1 saturated carbocycles. The summed E-state index contributed by atoms with van der Waals surface area (Å²) in [5, 5.41) is 0. The molecule has 1 unspecified atom stereocenters. The summed E-state index contributed by atoms with van der Waals surface area (Å²) < 4.78 is 30.7. The average Bonchev–Trinajstić information content (AvgIpc) is 2.38. The van der Waals surface area contributed by atoms with Crippen LogP contribution in [0, 0.1) is 11.3 Å². The maximum atomic E-state index is 13.0. The zero-order valence-corrected chi connectivity index (χ0v) is 8.59. The summed E-state index contributed by atoms with van der Waals surface area (Å²) in [6.45, 7) is 2.54. The zero-order chi connectivity index (χ0) is 11.9. The second-order valence-electron chi connectivity index (χ2n) is 4.17. The molecule has 0 aromatic heterocycles. The molecule has 0 radical (unpaired) electrons. The van der Waals surface area contributed by atoms with E-state index in [1.807, 2.05) is 0 Å². The van der Waals surface area contributed by atoms with Crippen molar-refractivity contribution in [1.82, 2.24) is 0 Å². The van der Waals surface area contributed by atoms with Crippen LogP contribution in [0.5, 0.6) is 0 Å². The van der Waals surface area contributed by atoms with E-state index in [9.17, 15) is 13.6 Å². The summed E-state index contributed by atoms with van der Waals surface area (Å²) in [6, 6.07) is 0. The van der Waals surface area contributed by atoms with Gasteiger partial charge in [-0.15, -0.1) is 0 Å². The Morgan fingerprint density at radius 1 is 1.47 bits per heavy atom. The topological polar surface area (TPSA) is 78.3 Å². The molecule has 0 spiro atoms. The number of halogens is 2. The predicted octanol–water partition coefficient (Wildman–Crippen LogP) is 0.580. The van der Waals surface area contributed by atoms with E-state index in [2.05, 4.69) is 4.74 Å². The van der Waals surface area contributed by atoms with Crippen molar-refractivity contribution < 1.29 is 18.3 Å². The average molecular weight is 220 g/mol. The van der Waals surface area contributed by atoms with E-state index in [1.54, 1.807) is 0 Å². The summed E-state index contributed by atoms with van der Waals surface area (Å²) in [7, 11) is 0. The number of hydrogen-bond donors (Lipinski definition) is 2. The van der Waals surface area contributed by atoms with Gasteiger partial charge in [0.2, 0.25) is 0 Å². The van der Waals surface area contributed by atoms with E-state index in [0.717, 1.165) is 6.08 Å². The molecule has 1 aliphatic carbocycles. The fourth-order valence-electron chi connectivity index (χ4n) is 1.41. The predicted molar refractivity (Wildman–Crippen MR) is 49.6 cm³/mol. The van der Waals surface area contributed by atoms with E-state index in [-0.39, 0.29) is 12.4 Å². The van der Waals surface area contributed by atoms with E-state index in [1.165, 1.54) is 13.8 Å². The van der Waals surface area contributed by atoms with Gasteiger partial charge in [-0.1, -0.05) is 13.8 Å². The standard InChI is InChI=1S/C9H14F2N2O2/c1-8(2)5(9(8,10)11)4-15-7(14)3-6(12)13/h3,5H,4,12-13H2,1-2H3. The zero-order valence-electron chi connectivity index (χ0n) is 8.59. The fraction of sp³-hybridized carbons (Fsp3) is 0.667. The molecule has 0 bridgehead atoms. The molecule has 1 rings (SSSR count). The van der Waals surface area contributed by atoms with Gasteiger partial charge in [0.05, 0.1) is 12.0 Å².